The zero-order chi connectivity index (χ0) is 15.4. The molecular weight excluding hydrogens is 280 g/mol. The third-order valence-corrected chi connectivity index (χ3v) is 3.87. The fourth-order valence-corrected chi connectivity index (χ4v) is 2.75. The Hall–Kier alpha value is -2.37. The van der Waals surface area contributed by atoms with Crippen molar-refractivity contribution in [3.8, 4) is 5.88 Å². The number of methoxy groups -OCH3 is 1. The van der Waals surface area contributed by atoms with E-state index in [0.717, 1.165) is 30.5 Å². The van der Waals surface area contributed by atoms with Crippen molar-refractivity contribution in [2.45, 2.75) is 31.6 Å². The molecule has 0 spiro atoms. The second-order valence-corrected chi connectivity index (χ2v) is 5.40. The van der Waals surface area contributed by atoms with Crippen LogP contribution in [0.2, 0.25) is 0 Å². The van der Waals surface area contributed by atoms with Crippen LogP contribution in [0.4, 0.5) is 5.82 Å². The van der Waals surface area contributed by atoms with E-state index in [2.05, 4.69) is 26.9 Å². The molecule has 3 rings (SSSR count). The Morgan fingerprint density at radius 3 is 3.23 bits per heavy atom. The first-order valence-corrected chi connectivity index (χ1v) is 7.41. The average Bonchev–Trinajstić information content (AvgIpc) is 3.18. The number of nitrogens with zero attached hydrogens (tertiary/aromatic N) is 2. The standard InChI is InChI=1S/C16H19N4O2/c1-22-16-12(7-4-8-17-16)9-15(21)18-14-10-13(19-20-14)11-5-2-3-6-11/h2,4,7-8,10-11H,3,5-6,9H2,1H3,(H2,18,19,20,21)/t11-/m0/s1. The predicted octanol–water partition coefficient (Wildman–Crippen LogP) is 2.47. The second kappa shape index (κ2) is 6.60. The number of aromatic nitrogens is 3. The van der Waals surface area contributed by atoms with Crippen LogP contribution in [0.3, 0.4) is 0 Å². The molecule has 0 saturated heterocycles. The van der Waals surface area contributed by atoms with E-state index in [9.17, 15) is 4.79 Å². The normalized spacial score (nSPS) is 15.0. The van der Waals surface area contributed by atoms with Crippen molar-refractivity contribution in [1.29, 1.82) is 0 Å². The Balaban J connectivity index is 1.62. The van der Waals surface area contributed by atoms with Gasteiger partial charge in [0, 0.05) is 29.4 Å². The molecule has 0 aromatic carbocycles. The van der Waals surface area contributed by atoms with Crippen LogP contribution < -0.4 is 10.1 Å². The molecule has 1 amide bonds. The molecule has 1 aliphatic rings. The van der Waals surface area contributed by atoms with Gasteiger partial charge in [0.25, 0.3) is 0 Å². The Morgan fingerprint density at radius 1 is 1.55 bits per heavy atom. The van der Waals surface area contributed by atoms with Gasteiger partial charge in [0.05, 0.1) is 13.5 Å². The van der Waals surface area contributed by atoms with Crippen molar-refractivity contribution >= 4 is 11.7 Å². The van der Waals surface area contributed by atoms with Gasteiger partial charge in [-0.2, -0.15) is 5.10 Å². The summed E-state index contributed by atoms with van der Waals surface area (Å²) >= 11 is 0. The highest BCUT2D eigenvalue weighted by Crippen LogP contribution is 2.33. The summed E-state index contributed by atoms with van der Waals surface area (Å²) in [5.41, 5.74) is 1.84. The van der Waals surface area contributed by atoms with E-state index >= 15 is 0 Å². The van der Waals surface area contributed by atoms with Gasteiger partial charge in [-0.3, -0.25) is 9.89 Å². The molecule has 1 atom stereocenters. The molecule has 0 unspecified atom stereocenters. The molecule has 0 aliphatic heterocycles. The molecule has 1 saturated carbocycles. The monoisotopic (exact) mass is 299 g/mol. The summed E-state index contributed by atoms with van der Waals surface area (Å²) < 4.78 is 5.15. The van der Waals surface area contributed by atoms with Crippen LogP contribution in [0.15, 0.2) is 24.4 Å². The molecule has 1 aliphatic carbocycles. The lowest BCUT2D eigenvalue weighted by Gasteiger charge is -2.06. The third kappa shape index (κ3) is 3.27. The first kappa shape index (κ1) is 14.6. The molecule has 2 heterocycles. The zero-order valence-corrected chi connectivity index (χ0v) is 12.5. The first-order valence-electron chi connectivity index (χ1n) is 7.41. The van der Waals surface area contributed by atoms with E-state index in [1.165, 1.54) is 0 Å². The molecule has 2 N–H and O–H groups in total. The first-order chi connectivity index (χ1) is 10.8. The van der Waals surface area contributed by atoms with Gasteiger partial charge in [-0.25, -0.2) is 4.98 Å². The van der Waals surface area contributed by atoms with E-state index < -0.39 is 0 Å². The van der Waals surface area contributed by atoms with Gasteiger partial charge in [-0.15, -0.1) is 0 Å². The molecule has 22 heavy (non-hydrogen) atoms. The van der Waals surface area contributed by atoms with E-state index in [-0.39, 0.29) is 12.3 Å². The summed E-state index contributed by atoms with van der Waals surface area (Å²) in [6, 6.07) is 5.53. The minimum Gasteiger partial charge on any atom is -0.481 e. The number of rotatable bonds is 5. The van der Waals surface area contributed by atoms with Crippen LogP contribution in [0.1, 0.15) is 36.4 Å². The molecule has 6 nitrogen and oxygen atoms in total. The Labute approximate surface area is 129 Å². The van der Waals surface area contributed by atoms with Crippen LogP contribution in [0.25, 0.3) is 0 Å². The van der Waals surface area contributed by atoms with Crippen molar-refractivity contribution in [2.75, 3.05) is 12.4 Å². The van der Waals surface area contributed by atoms with E-state index in [1.807, 2.05) is 12.1 Å². The largest absolute Gasteiger partial charge is 0.481 e. The van der Waals surface area contributed by atoms with Gasteiger partial charge in [0.15, 0.2) is 5.82 Å². The minimum atomic E-state index is -0.137. The molecule has 0 bridgehead atoms. The van der Waals surface area contributed by atoms with Gasteiger partial charge in [-0.1, -0.05) is 6.07 Å². The summed E-state index contributed by atoms with van der Waals surface area (Å²) in [5.74, 6) is 1.40. The predicted molar refractivity (Wildman–Crippen MR) is 82.6 cm³/mol. The fraction of sp³-hybridized carbons (Fsp3) is 0.375. The van der Waals surface area contributed by atoms with Crippen LogP contribution in [-0.2, 0) is 11.2 Å². The van der Waals surface area contributed by atoms with Gasteiger partial charge in [-0.05, 0) is 31.7 Å². The zero-order valence-electron chi connectivity index (χ0n) is 12.5. The van der Waals surface area contributed by atoms with Crippen molar-refractivity contribution in [3.63, 3.8) is 0 Å². The van der Waals surface area contributed by atoms with Crippen molar-refractivity contribution in [1.82, 2.24) is 15.2 Å². The maximum absolute atomic E-state index is 12.1. The third-order valence-electron chi connectivity index (χ3n) is 3.87. The highest BCUT2D eigenvalue weighted by Gasteiger charge is 2.20. The maximum Gasteiger partial charge on any atom is 0.230 e. The van der Waals surface area contributed by atoms with E-state index in [4.69, 9.17) is 4.74 Å². The van der Waals surface area contributed by atoms with Crippen molar-refractivity contribution in [3.05, 3.63) is 42.1 Å². The summed E-state index contributed by atoms with van der Waals surface area (Å²) in [7, 11) is 1.54. The Morgan fingerprint density at radius 2 is 2.45 bits per heavy atom. The highest BCUT2D eigenvalue weighted by molar-refractivity contribution is 5.91. The Kier molecular flexibility index (Phi) is 4.37. The lowest BCUT2D eigenvalue weighted by Crippen LogP contribution is -2.15. The summed E-state index contributed by atoms with van der Waals surface area (Å²) in [6.07, 6.45) is 7.49. The maximum atomic E-state index is 12.1. The van der Waals surface area contributed by atoms with Gasteiger partial charge < -0.3 is 10.1 Å². The number of nitrogens with one attached hydrogen (secondary N) is 2. The number of carbonyl (C=O) groups is 1. The summed E-state index contributed by atoms with van der Waals surface area (Å²) in [4.78, 5) is 16.2. The number of anilines is 1. The smallest absolute Gasteiger partial charge is 0.230 e. The summed E-state index contributed by atoms with van der Waals surface area (Å²) in [5, 5.41) is 10.00. The fourth-order valence-electron chi connectivity index (χ4n) is 2.75. The number of carbonyl (C=O) groups excluding carboxylic acids is 1. The van der Waals surface area contributed by atoms with Crippen LogP contribution in [0, 0.1) is 6.42 Å². The van der Waals surface area contributed by atoms with Crippen LogP contribution in [-0.4, -0.2) is 28.2 Å². The number of aromatic amines is 1. The topological polar surface area (TPSA) is 79.9 Å². The molecule has 6 heteroatoms. The highest BCUT2D eigenvalue weighted by atomic mass is 16.5. The van der Waals surface area contributed by atoms with Gasteiger partial charge in [0.1, 0.15) is 0 Å². The van der Waals surface area contributed by atoms with E-state index in [0.29, 0.717) is 17.6 Å². The van der Waals surface area contributed by atoms with Crippen molar-refractivity contribution in [2.24, 2.45) is 0 Å². The number of hydrogen-bond donors (Lipinski definition) is 2. The molecule has 2 aromatic heterocycles. The van der Waals surface area contributed by atoms with Crippen molar-refractivity contribution < 1.29 is 9.53 Å². The number of pyridine rings is 1. The number of H-pyrrole nitrogens is 1. The van der Waals surface area contributed by atoms with Crippen LogP contribution in [0.5, 0.6) is 5.88 Å². The Bertz CT molecular complexity index is 647. The van der Waals surface area contributed by atoms with Gasteiger partial charge >= 0.3 is 0 Å². The molecule has 1 radical (unpaired) electrons. The van der Waals surface area contributed by atoms with Gasteiger partial charge in [0.2, 0.25) is 11.8 Å². The quantitative estimate of drug-likeness (QED) is 0.889. The lowest BCUT2D eigenvalue weighted by molar-refractivity contribution is -0.115. The summed E-state index contributed by atoms with van der Waals surface area (Å²) in [6.45, 7) is 0. The number of ether oxygens (including phenoxy) is 1. The second-order valence-electron chi connectivity index (χ2n) is 5.40. The molecular formula is C16H19N4O2. The van der Waals surface area contributed by atoms with E-state index in [1.54, 1.807) is 19.4 Å². The average molecular weight is 299 g/mol. The van der Waals surface area contributed by atoms with Crippen LogP contribution >= 0.6 is 0 Å². The molecule has 115 valence electrons. The number of amides is 1. The SMILES string of the molecule is COc1ncccc1CC(=O)Nc1cc([C@H]2C[CH]CC2)[nH]n1. The number of hydrogen-bond acceptors (Lipinski definition) is 4. The molecule has 2 aromatic rings. The molecule has 1 fully saturated rings. The minimum absolute atomic E-state index is 0.137. The lowest BCUT2D eigenvalue weighted by atomic mass is 10.0.